The molecule has 0 aromatic heterocycles. The van der Waals surface area contributed by atoms with Gasteiger partial charge in [-0.05, 0) is 41.6 Å². The average molecular weight is 448 g/mol. The molecule has 1 N–H and O–H groups in total. The van der Waals surface area contributed by atoms with Gasteiger partial charge in [0.2, 0.25) is 0 Å². The molecule has 0 spiro atoms. The molecule has 0 aliphatic carbocycles. The van der Waals surface area contributed by atoms with Gasteiger partial charge in [-0.3, -0.25) is 14.5 Å². The van der Waals surface area contributed by atoms with E-state index in [9.17, 15) is 14.4 Å². The Hall–Kier alpha value is -2.58. The van der Waals surface area contributed by atoms with E-state index in [2.05, 4.69) is 15.9 Å². The molecule has 0 unspecified atom stereocenters. The Balaban J connectivity index is 1.80. The summed E-state index contributed by atoms with van der Waals surface area (Å²) in [6.45, 7) is -0.303. The van der Waals surface area contributed by atoms with Crippen molar-refractivity contribution in [2.24, 2.45) is 0 Å². The molecule has 1 aliphatic heterocycles. The van der Waals surface area contributed by atoms with Crippen LogP contribution in [0.25, 0.3) is 6.08 Å². The minimum absolute atomic E-state index is 0.187. The Morgan fingerprint density at radius 2 is 1.85 bits per heavy atom. The highest BCUT2D eigenvalue weighted by atomic mass is 79.9. The number of aliphatic carboxylic acids is 1. The van der Waals surface area contributed by atoms with Gasteiger partial charge in [0.1, 0.15) is 5.75 Å². The predicted octanol–water partition coefficient (Wildman–Crippen LogP) is 4.15. The zero-order chi connectivity index (χ0) is 19.4. The molecule has 1 saturated heterocycles. The number of carbonyl (C=O) groups excluding carboxylic acids is 2. The van der Waals surface area contributed by atoms with Gasteiger partial charge in [0, 0.05) is 10.0 Å². The van der Waals surface area contributed by atoms with E-state index in [1.807, 2.05) is 24.3 Å². The van der Waals surface area contributed by atoms with Crippen LogP contribution in [0.1, 0.15) is 11.1 Å². The fraction of sp³-hybridized carbons (Fsp3) is 0.105. The van der Waals surface area contributed by atoms with Gasteiger partial charge in [-0.1, -0.05) is 46.3 Å². The third kappa shape index (κ3) is 4.78. The average Bonchev–Trinajstić information content (AvgIpc) is 2.90. The van der Waals surface area contributed by atoms with Crippen molar-refractivity contribution in [2.45, 2.75) is 6.54 Å². The fourth-order valence-electron chi connectivity index (χ4n) is 2.42. The number of amides is 2. The summed E-state index contributed by atoms with van der Waals surface area (Å²) in [6, 6.07) is 14.1. The topological polar surface area (TPSA) is 83.9 Å². The van der Waals surface area contributed by atoms with Crippen molar-refractivity contribution < 1.29 is 24.2 Å². The van der Waals surface area contributed by atoms with Gasteiger partial charge in [0.25, 0.3) is 11.1 Å². The number of ether oxygens (including phenoxy) is 1. The summed E-state index contributed by atoms with van der Waals surface area (Å²) in [4.78, 5) is 37.1. The van der Waals surface area contributed by atoms with Crippen LogP contribution in [0.2, 0.25) is 0 Å². The number of carbonyl (C=O) groups is 3. The zero-order valence-electron chi connectivity index (χ0n) is 13.9. The standard InChI is InChI=1S/C19H14BrNO5S/c20-14-7-5-12(6-8-14)10-21-18(24)16(27-19(21)25)9-13-3-1-2-4-15(13)26-11-17(22)23/h1-9H,10-11H2,(H,22,23)/b16-9-. The Kier molecular flexibility index (Phi) is 5.98. The molecule has 27 heavy (non-hydrogen) atoms. The number of hydrogen-bond donors (Lipinski definition) is 1. The van der Waals surface area contributed by atoms with Crippen molar-refractivity contribution in [1.29, 1.82) is 0 Å². The van der Waals surface area contributed by atoms with Gasteiger partial charge in [-0.15, -0.1) is 0 Å². The SMILES string of the molecule is O=C(O)COc1ccccc1/C=C1\SC(=O)N(Cc2ccc(Br)cc2)C1=O. The van der Waals surface area contributed by atoms with Crippen molar-refractivity contribution in [3.63, 3.8) is 0 Å². The normalized spacial score (nSPS) is 15.4. The second kappa shape index (κ2) is 8.41. The monoisotopic (exact) mass is 447 g/mol. The molecule has 1 heterocycles. The predicted molar refractivity (Wildman–Crippen MR) is 105 cm³/mol. The van der Waals surface area contributed by atoms with E-state index in [0.29, 0.717) is 11.3 Å². The third-order valence-corrected chi connectivity index (χ3v) is 5.12. The summed E-state index contributed by atoms with van der Waals surface area (Å²) in [6.07, 6.45) is 1.55. The molecule has 0 bridgehead atoms. The minimum atomic E-state index is -1.10. The smallest absolute Gasteiger partial charge is 0.341 e. The van der Waals surface area contributed by atoms with E-state index in [-0.39, 0.29) is 22.6 Å². The van der Waals surface area contributed by atoms with E-state index in [1.165, 1.54) is 4.90 Å². The van der Waals surface area contributed by atoms with E-state index in [4.69, 9.17) is 9.84 Å². The van der Waals surface area contributed by atoms with Gasteiger partial charge in [0.15, 0.2) is 6.61 Å². The first-order valence-corrected chi connectivity index (χ1v) is 9.48. The van der Waals surface area contributed by atoms with E-state index in [0.717, 1.165) is 21.8 Å². The molecular weight excluding hydrogens is 434 g/mol. The van der Waals surface area contributed by atoms with E-state index in [1.54, 1.807) is 30.3 Å². The highest BCUT2D eigenvalue weighted by molar-refractivity contribution is 9.10. The highest BCUT2D eigenvalue weighted by Crippen LogP contribution is 2.34. The molecule has 8 heteroatoms. The van der Waals surface area contributed by atoms with Gasteiger partial charge >= 0.3 is 5.97 Å². The molecule has 2 amide bonds. The highest BCUT2D eigenvalue weighted by Gasteiger charge is 2.35. The first-order chi connectivity index (χ1) is 12.9. The van der Waals surface area contributed by atoms with Crippen molar-refractivity contribution in [2.75, 3.05) is 6.61 Å². The summed E-state index contributed by atoms with van der Waals surface area (Å²) in [5.74, 6) is -1.15. The molecule has 0 saturated carbocycles. The minimum Gasteiger partial charge on any atom is -0.481 e. The number of hydrogen-bond acceptors (Lipinski definition) is 5. The Labute approximate surface area is 167 Å². The summed E-state index contributed by atoms with van der Waals surface area (Å²) in [5.41, 5.74) is 1.37. The second-order valence-electron chi connectivity index (χ2n) is 5.61. The maximum absolute atomic E-state index is 12.6. The second-order valence-corrected chi connectivity index (χ2v) is 7.52. The number of benzene rings is 2. The lowest BCUT2D eigenvalue weighted by Gasteiger charge is -2.12. The first-order valence-electron chi connectivity index (χ1n) is 7.87. The number of thioether (sulfide) groups is 1. The largest absolute Gasteiger partial charge is 0.481 e. The number of rotatable bonds is 6. The number of nitrogens with zero attached hydrogens (tertiary/aromatic N) is 1. The van der Waals surface area contributed by atoms with Crippen molar-refractivity contribution >= 4 is 50.9 Å². The maximum atomic E-state index is 12.6. The molecule has 1 fully saturated rings. The first kappa shape index (κ1) is 19.2. The zero-order valence-corrected chi connectivity index (χ0v) is 16.3. The lowest BCUT2D eigenvalue weighted by Crippen LogP contribution is -2.27. The van der Waals surface area contributed by atoms with Gasteiger partial charge in [-0.2, -0.15) is 0 Å². The van der Waals surface area contributed by atoms with Gasteiger partial charge < -0.3 is 9.84 Å². The molecule has 6 nitrogen and oxygen atoms in total. The van der Waals surface area contributed by atoms with Crippen molar-refractivity contribution in [3.05, 3.63) is 69.0 Å². The summed E-state index contributed by atoms with van der Waals surface area (Å²) < 4.78 is 6.15. The summed E-state index contributed by atoms with van der Waals surface area (Å²) in [7, 11) is 0. The molecule has 2 aromatic carbocycles. The van der Waals surface area contributed by atoms with Crippen LogP contribution in [-0.4, -0.2) is 33.7 Å². The van der Waals surface area contributed by atoms with Crippen LogP contribution < -0.4 is 4.74 Å². The summed E-state index contributed by atoms with van der Waals surface area (Å²) >= 11 is 4.20. The molecule has 2 aromatic rings. The molecule has 0 atom stereocenters. The van der Waals surface area contributed by atoms with Crippen molar-refractivity contribution in [3.8, 4) is 5.75 Å². The van der Waals surface area contributed by atoms with Crippen molar-refractivity contribution in [1.82, 2.24) is 4.90 Å². The molecular formula is C19H14BrNO5S. The van der Waals surface area contributed by atoms with Gasteiger partial charge in [0.05, 0.1) is 11.4 Å². The number of halogens is 1. The quantitative estimate of drug-likeness (QED) is 0.669. The Morgan fingerprint density at radius 3 is 2.56 bits per heavy atom. The van der Waals surface area contributed by atoms with Crippen LogP contribution in [0.3, 0.4) is 0 Å². The fourth-order valence-corrected chi connectivity index (χ4v) is 3.51. The number of carboxylic acids is 1. The lowest BCUT2D eigenvalue weighted by molar-refractivity contribution is -0.139. The van der Waals surface area contributed by atoms with Gasteiger partial charge in [-0.25, -0.2) is 4.79 Å². The molecule has 1 aliphatic rings. The van der Waals surface area contributed by atoms with Crippen LogP contribution in [-0.2, 0) is 16.1 Å². The third-order valence-electron chi connectivity index (χ3n) is 3.68. The number of imide groups is 1. The molecule has 138 valence electrons. The summed E-state index contributed by atoms with van der Waals surface area (Å²) in [5, 5.41) is 8.42. The van der Waals surface area contributed by atoms with E-state index < -0.39 is 12.6 Å². The maximum Gasteiger partial charge on any atom is 0.341 e. The molecule has 3 rings (SSSR count). The van der Waals surface area contributed by atoms with Crippen LogP contribution >= 0.6 is 27.7 Å². The van der Waals surface area contributed by atoms with Crippen LogP contribution in [0.5, 0.6) is 5.75 Å². The number of para-hydroxylation sites is 1. The van der Waals surface area contributed by atoms with E-state index >= 15 is 0 Å². The lowest BCUT2D eigenvalue weighted by atomic mass is 10.1. The van der Waals surface area contributed by atoms with Crippen LogP contribution in [0.15, 0.2) is 57.9 Å². The number of carboxylic acid groups (broad SMARTS) is 1. The Bertz CT molecular complexity index is 926. The van der Waals surface area contributed by atoms with Crippen LogP contribution in [0.4, 0.5) is 4.79 Å². The Morgan fingerprint density at radius 1 is 1.15 bits per heavy atom. The van der Waals surface area contributed by atoms with Crippen LogP contribution in [0, 0.1) is 0 Å². The molecule has 0 radical (unpaired) electrons.